The maximum absolute atomic E-state index is 12.1. The number of para-hydroxylation sites is 1. The van der Waals surface area contributed by atoms with Crippen LogP contribution >= 0.6 is 23.1 Å². The summed E-state index contributed by atoms with van der Waals surface area (Å²) in [6, 6.07) is 5.58. The van der Waals surface area contributed by atoms with Crippen molar-refractivity contribution in [3.05, 3.63) is 39.9 Å². The van der Waals surface area contributed by atoms with Crippen molar-refractivity contribution in [2.24, 2.45) is 5.73 Å². The molecular weight excluding hydrogens is 330 g/mol. The van der Waals surface area contributed by atoms with Gasteiger partial charge in [0.2, 0.25) is 11.0 Å². The number of aromatic nitrogens is 2. The molecule has 0 aliphatic rings. The summed E-state index contributed by atoms with van der Waals surface area (Å²) in [5, 5.41) is 21.0. The first-order valence-corrected chi connectivity index (χ1v) is 7.57. The van der Waals surface area contributed by atoms with Crippen molar-refractivity contribution in [2.45, 2.75) is 4.34 Å². The minimum atomic E-state index is -0.657. The zero-order valence-corrected chi connectivity index (χ0v) is 12.5. The van der Waals surface area contributed by atoms with Gasteiger partial charge in [-0.2, -0.15) is 0 Å². The lowest BCUT2D eigenvalue weighted by Crippen LogP contribution is -2.13. The number of anilines is 1. The maximum atomic E-state index is 12.1. The second kappa shape index (κ2) is 6.95. The number of carbonyl (C=O) groups is 2. The Kier molecular flexibility index (Phi) is 5.01. The zero-order chi connectivity index (χ0) is 16.1. The molecule has 0 spiro atoms. The van der Waals surface area contributed by atoms with Crippen molar-refractivity contribution in [3.63, 3.8) is 0 Å². The van der Waals surface area contributed by atoms with Crippen molar-refractivity contribution < 1.29 is 14.5 Å². The average Bonchev–Trinajstić information content (AvgIpc) is 2.92. The van der Waals surface area contributed by atoms with E-state index in [0.717, 1.165) is 23.1 Å². The van der Waals surface area contributed by atoms with Crippen LogP contribution < -0.4 is 11.1 Å². The number of hydrogen-bond acceptors (Lipinski definition) is 8. The number of nitrogens with zero attached hydrogens (tertiary/aromatic N) is 3. The first kappa shape index (κ1) is 15.9. The van der Waals surface area contributed by atoms with E-state index in [0.29, 0.717) is 4.34 Å². The van der Waals surface area contributed by atoms with E-state index in [2.05, 4.69) is 15.5 Å². The second-order valence-electron chi connectivity index (χ2n) is 3.86. The first-order valence-electron chi connectivity index (χ1n) is 5.76. The summed E-state index contributed by atoms with van der Waals surface area (Å²) in [6.45, 7) is 0. The minimum Gasteiger partial charge on any atom is -0.369 e. The van der Waals surface area contributed by atoms with Crippen LogP contribution in [-0.2, 0) is 4.79 Å². The lowest BCUT2D eigenvalue weighted by Gasteiger charge is -2.01. The van der Waals surface area contributed by atoms with E-state index in [-0.39, 0.29) is 22.1 Å². The van der Waals surface area contributed by atoms with E-state index in [9.17, 15) is 19.7 Å². The molecule has 0 saturated carbocycles. The van der Waals surface area contributed by atoms with E-state index >= 15 is 0 Å². The number of nitro groups is 1. The van der Waals surface area contributed by atoms with E-state index in [1.54, 1.807) is 0 Å². The molecule has 22 heavy (non-hydrogen) atoms. The summed E-state index contributed by atoms with van der Waals surface area (Å²) in [5.41, 5.74) is 4.64. The van der Waals surface area contributed by atoms with E-state index in [4.69, 9.17) is 5.73 Å². The predicted molar refractivity (Wildman–Crippen MR) is 80.9 cm³/mol. The molecule has 2 aromatic rings. The van der Waals surface area contributed by atoms with Gasteiger partial charge in [0.25, 0.3) is 11.6 Å². The SMILES string of the molecule is NC(=O)CSc1nnc(NC(=O)c2ccccc2[N+](=O)[O-])s1. The number of rotatable bonds is 6. The minimum absolute atomic E-state index is 0.0484. The molecule has 3 N–H and O–H groups in total. The van der Waals surface area contributed by atoms with E-state index in [1.165, 1.54) is 24.3 Å². The molecule has 0 saturated heterocycles. The van der Waals surface area contributed by atoms with Gasteiger partial charge in [-0.1, -0.05) is 35.2 Å². The Bertz CT molecular complexity index is 733. The molecule has 2 amide bonds. The lowest BCUT2D eigenvalue weighted by molar-refractivity contribution is -0.385. The monoisotopic (exact) mass is 339 g/mol. The molecule has 0 fully saturated rings. The third kappa shape index (κ3) is 3.99. The van der Waals surface area contributed by atoms with Crippen LogP contribution in [0.2, 0.25) is 0 Å². The molecule has 11 heteroatoms. The Morgan fingerprint density at radius 2 is 2.09 bits per heavy atom. The summed E-state index contributed by atoms with van der Waals surface area (Å²) < 4.78 is 0.455. The van der Waals surface area contributed by atoms with Crippen LogP contribution in [0.1, 0.15) is 10.4 Å². The quantitative estimate of drug-likeness (QED) is 0.349. The Hall–Kier alpha value is -2.53. The van der Waals surface area contributed by atoms with Crippen molar-refractivity contribution in [1.82, 2.24) is 10.2 Å². The number of nitrogens with two attached hydrogens (primary N) is 1. The topological polar surface area (TPSA) is 141 Å². The number of hydrogen-bond donors (Lipinski definition) is 2. The fraction of sp³-hybridized carbons (Fsp3) is 0.0909. The van der Waals surface area contributed by atoms with Gasteiger partial charge in [-0.05, 0) is 6.07 Å². The number of nitro benzene ring substituents is 1. The van der Waals surface area contributed by atoms with Crippen LogP contribution in [-0.4, -0.2) is 32.7 Å². The first-order chi connectivity index (χ1) is 10.5. The normalized spacial score (nSPS) is 10.2. The van der Waals surface area contributed by atoms with Gasteiger partial charge in [0.05, 0.1) is 10.7 Å². The van der Waals surface area contributed by atoms with E-state index in [1.807, 2.05) is 0 Å². The lowest BCUT2D eigenvalue weighted by atomic mass is 10.1. The number of nitrogens with one attached hydrogen (secondary N) is 1. The highest BCUT2D eigenvalue weighted by atomic mass is 32.2. The Labute approximate surface area is 132 Å². The van der Waals surface area contributed by atoms with Gasteiger partial charge in [-0.3, -0.25) is 25.0 Å². The smallest absolute Gasteiger partial charge is 0.282 e. The van der Waals surface area contributed by atoms with Crippen LogP contribution in [0.5, 0.6) is 0 Å². The molecule has 1 aromatic carbocycles. The Morgan fingerprint density at radius 3 is 2.77 bits per heavy atom. The third-order valence-electron chi connectivity index (χ3n) is 2.31. The van der Waals surface area contributed by atoms with Crippen LogP contribution in [0, 0.1) is 10.1 Å². The molecule has 1 aromatic heterocycles. The van der Waals surface area contributed by atoms with Gasteiger partial charge < -0.3 is 5.73 Å². The fourth-order valence-electron chi connectivity index (χ4n) is 1.44. The maximum Gasteiger partial charge on any atom is 0.282 e. The number of thioether (sulfide) groups is 1. The fourth-order valence-corrected chi connectivity index (χ4v) is 2.93. The molecule has 0 aliphatic carbocycles. The highest BCUT2D eigenvalue weighted by Gasteiger charge is 2.20. The van der Waals surface area contributed by atoms with E-state index < -0.39 is 16.7 Å². The highest BCUT2D eigenvalue weighted by molar-refractivity contribution is 8.01. The van der Waals surface area contributed by atoms with Crippen LogP contribution in [0.15, 0.2) is 28.6 Å². The Balaban J connectivity index is 2.09. The van der Waals surface area contributed by atoms with Crippen molar-refractivity contribution in [1.29, 1.82) is 0 Å². The zero-order valence-electron chi connectivity index (χ0n) is 10.9. The number of amides is 2. The number of primary amides is 1. The van der Waals surface area contributed by atoms with Gasteiger partial charge in [0.1, 0.15) is 5.56 Å². The number of carbonyl (C=O) groups excluding carboxylic acids is 2. The average molecular weight is 339 g/mol. The molecular formula is C11H9N5O4S2. The van der Waals surface area contributed by atoms with Crippen LogP contribution in [0.4, 0.5) is 10.8 Å². The molecule has 0 bridgehead atoms. The van der Waals surface area contributed by atoms with Crippen LogP contribution in [0.3, 0.4) is 0 Å². The molecule has 1 heterocycles. The van der Waals surface area contributed by atoms with Crippen molar-refractivity contribution in [2.75, 3.05) is 11.1 Å². The summed E-state index contributed by atoms with van der Waals surface area (Å²) in [5.74, 6) is -1.10. The number of benzene rings is 1. The molecule has 0 atom stereocenters. The molecule has 114 valence electrons. The van der Waals surface area contributed by atoms with Gasteiger partial charge in [0.15, 0.2) is 4.34 Å². The Morgan fingerprint density at radius 1 is 1.36 bits per heavy atom. The largest absolute Gasteiger partial charge is 0.369 e. The predicted octanol–water partition coefficient (Wildman–Crippen LogP) is 1.28. The highest BCUT2D eigenvalue weighted by Crippen LogP contribution is 2.26. The summed E-state index contributed by atoms with van der Waals surface area (Å²) >= 11 is 2.13. The molecule has 0 aliphatic heterocycles. The molecule has 9 nitrogen and oxygen atoms in total. The van der Waals surface area contributed by atoms with Crippen molar-refractivity contribution in [3.8, 4) is 0 Å². The standard InChI is InChI=1S/C11H9N5O4S2/c12-8(17)5-21-11-15-14-10(22-11)13-9(18)6-3-1-2-4-7(6)16(19)20/h1-4H,5H2,(H2,12,17)(H,13,14,18). The summed E-state index contributed by atoms with van der Waals surface area (Å²) in [4.78, 5) is 33.0. The van der Waals surface area contributed by atoms with Gasteiger partial charge in [-0.25, -0.2) is 0 Å². The summed E-state index contributed by atoms with van der Waals surface area (Å²) in [6.07, 6.45) is 0. The van der Waals surface area contributed by atoms with Gasteiger partial charge in [0, 0.05) is 6.07 Å². The molecule has 0 unspecified atom stereocenters. The van der Waals surface area contributed by atoms with Crippen molar-refractivity contribution >= 4 is 45.7 Å². The third-order valence-corrected chi connectivity index (χ3v) is 4.30. The summed E-state index contributed by atoms with van der Waals surface area (Å²) in [7, 11) is 0. The van der Waals surface area contributed by atoms with Crippen LogP contribution in [0.25, 0.3) is 0 Å². The van der Waals surface area contributed by atoms with Gasteiger partial charge >= 0.3 is 0 Å². The molecule has 2 rings (SSSR count). The van der Waals surface area contributed by atoms with Gasteiger partial charge in [-0.15, -0.1) is 10.2 Å². The second-order valence-corrected chi connectivity index (χ2v) is 6.06. The molecule has 0 radical (unpaired) electrons.